The number of hydrogen-bond acceptors (Lipinski definition) is 6. The lowest BCUT2D eigenvalue weighted by atomic mass is 9.98. The monoisotopic (exact) mass is 568 g/mol. The number of benzene rings is 2. The van der Waals surface area contributed by atoms with Gasteiger partial charge in [0.05, 0.1) is 22.7 Å². The maximum Gasteiger partial charge on any atom is 0.240 e. The molecule has 0 saturated heterocycles. The Labute approximate surface area is 235 Å². The second-order valence-electron chi connectivity index (χ2n) is 9.44. The Morgan fingerprint density at radius 3 is 2.72 bits per heavy atom. The molecule has 202 valence electrons. The van der Waals surface area contributed by atoms with Crippen molar-refractivity contribution in [2.75, 3.05) is 18.8 Å². The van der Waals surface area contributed by atoms with Gasteiger partial charge in [-0.1, -0.05) is 59.6 Å². The van der Waals surface area contributed by atoms with E-state index in [4.69, 9.17) is 43.8 Å². The SMILES string of the molecule is C[C@@H](Oc1c(N)ncc2c(C3=CCN(C(=O)[C@H](N)Cc4ccccc4)CC3)coc12)c1c(Cl)ccc(F)c1Cl. The minimum Gasteiger partial charge on any atom is -0.478 e. The summed E-state index contributed by atoms with van der Waals surface area (Å²) in [5.74, 6) is -0.364. The number of rotatable bonds is 7. The van der Waals surface area contributed by atoms with Crippen molar-refractivity contribution >= 4 is 51.5 Å². The number of pyridine rings is 1. The minimum absolute atomic E-state index is 0.0833. The topological polar surface area (TPSA) is 108 Å². The lowest BCUT2D eigenvalue weighted by Crippen LogP contribution is -2.46. The fourth-order valence-electron chi connectivity index (χ4n) is 4.80. The van der Waals surface area contributed by atoms with Gasteiger partial charge < -0.3 is 25.5 Å². The van der Waals surface area contributed by atoms with Gasteiger partial charge in [-0.3, -0.25) is 4.79 Å². The highest BCUT2D eigenvalue weighted by Gasteiger charge is 2.26. The molecule has 0 unspecified atom stereocenters. The van der Waals surface area contributed by atoms with E-state index in [0.717, 1.165) is 16.7 Å². The molecule has 5 rings (SSSR count). The zero-order valence-corrected chi connectivity index (χ0v) is 22.7. The zero-order valence-electron chi connectivity index (χ0n) is 21.2. The number of carbonyl (C=O) groups excluding carboxylic acids is 1. The molecule has 1 aliphatic heterocycles. The molecule has 7 nitrogen and oxygen atoms in total. The molecule has 39 heavy (non-hydrogen) atoms. The molecule has 2 aromatic carbocycles. The first kappa shape index (κ1) is 27.0. The highest BCUT2D eigenvalue weighted by Crippen LogP contribution is 2.41. The number of nitrogens with zero attached hydrogens (tertiary/aromatic N) is 2. The molecule has 4 N–H and O–H groups in total. The third-order valence-electron chi connectivity index (χ3n) is 6.86. The second kappa shape index (κ2) is 11.3. The van der Waals surface area contributed by atoms with E-state index in [2.05, 4.69) is 4.98 Å². The average Bonchev–Trinajstić information content (AvgIpc) is 3.37. The molecule has 1 aliphatic rings. The number of furan rings is 1. The third-order valence-corrected chi connectivity index (χ3v) is 7.58. The lowest BCUT2D eigenvalue weighted by molar-refractivity contribution is -0.132. The summed E-state index contributed by atoms with van der Waals surface area (Å²) >= 11 is 12.4. The number of hydrogen-bond donors (Lipinski definition) is 2. The summed E-state index contributed by atoms with van der Waals surface area (Å²) in [7, 11) is 0. The van der Waals surface area contributed by atoms with E-state index in [1.165, 1.54) is 12.1 Å². The van der Waals surface area contributed by atoms with Gasteiger partial charge in [0.25, 0.3) is 0 Å². The Balaban J connectivity index is 1.35. The van der Waals surface area contributed by atoms with Crippen LogP contribution >= 0.6 is 23.2 Å². The van der Waals surface area contributed by atoms with Crippen molar-refractivity contribution in [2.45, 2.75) is 31.9 Å². The summed E-state index contributed by atoms with van der Waals surface area (Å²) in [5, 5.41) is 0.848. The third kappa shape index (κ3) is 5.45. The summed E-state index contributed by atoms with van der Waals surface area (Å²) in [6, 6.07) is 11.7. The molecule has 0 radical (unpaired) electrons. The van der Waals surface area contributed by atoms with Gasteiger partial charge in [-0.15, -0.1) is 0 Å². The van der Waals surface area contributed by atoms with Gasteiger partial charge in [-0.25, -0.2) is 9.37 Å². The summed E-state index contributed by atoms with van der Waals surface area (Å²) in [6.45, 7) is 2.65. The average molecular weight is 569 g/mol. The molecular formula is C29H27Cl2FN4O3. The molecule has 0 saturated carbocycles. The first-order valence-corrected chi connectivity index (χ1v) is 13.2. The van der Waals surface area contributed by atoms with Crippen LogP contribution in [0.1, 0.15) is 36.1 Å². The summed E-state index contributed by atoms with van der Waals surface area (Å²) in [5.41, 5.74) is 15.9. The molecule has 0 aliphatic carbocycles. The zero-order chi connectivity index (χ0) is 27.7. The molecule has 4 aromatic rings. The number of anilines is 1. The van der Waals surface area contributed by atoms with Crippen LogP contribution in [0.3, 0.4) is 0 Å². The Kier molecular flexibility index (Phi) is 7.79. The van der Waals surface area contributed by atoms with Gasteiger partial charge in [0, 0.05) is 35.4 Å². The molecular weight excluding hydrogens is 542 g/mol. The molecule has 10 heteroatoms. The Bertz CT molecular complexity index is 1560. The first-order valence-electron chi connectivity index (χ1n) is 12.5. The number of nitrogen functional groups attached to an aromatic ring is 1. The van der Waals surface area contributed by atoms with E-state index < -0.39 is 18.0 Å². The van der Waals surface area contributed by atoms with Crippen LogP contribution in [0.2, 0.25) is 10.0 Å². The van der Waals surface area contributed by atoms with Gasteiger partial charge in [0.1, 0.15) is 11.9 Å². The lowest BCUT2D eigenvalue weighted by Gasteiger charge is -2.28. The molecule has 2 atom stereocenters. The number of ether oxygens (including phenoxy) is 1. The predicted octanol–water partition coefficient (Wildman–Crippen LogP) is 6.18. The van der Waals surface area contributed by atoms with Crippen molar-refractivity contribution in [2.24, 2.45) is 5.73 Å². The maximum atomic E-state index is 14.1. The van der Waals surface area contributed by atoms with E-state index in [9.17, 15) is 9.18 Å². The van der Waals surface area contributed by atoms with E-state index in [0.29, 0.717) is 42.5 Å². The normalized spacial score (nSPS) is 15.2. The van der Waals surface area contributed by atoms with Crippen LogP contribution in [0.4, 0.5) is 10.2 Å². The fourth-order valence-corrected chi connectivity index (χ4v) is 5.48. The van der Waals surface area contributed by atoms with Gasteiger partial charge in [-0.2, -0.15) is 0 Å². The van der Waals surface area contributed by atoms with Crippen LogP contribution in [0.5, 0.6) is 5.75 Å². The van der Waals surface area contributed by atoms with Crippen molar-refractivity contribution in [1.29, 1.82) is 0 Å². The van der Waals surface area contributed by atoms with Gasteiger partial charge in [0.2, 0.25) is 11.7 Å². The number of fused-ring (bicyclic) bond motifs is 1. The van der Waals surface area contributed by atoms with Crippen LogP contribution in [0.15, 0.2) is 65.4 Å². The van der Waals surface area contributed by atoms with Crippen molar-refractivity contribution in [1.82, 2.24) is 9.88 Å². The molecule has 0 spiro atoms. The van der Waals surface area contributed by atoms with Crippen LogP contribution in [0, 0.1) is 5.82 Å². The maximum absolute atomic E-state index is 14.1. The van der Waals surface area contributed by atoms with E-state index in [-0.39, 0.29) is 27.5 Å². The first-order chi connectivity index (χ1) is 18.7. The van der Waals surface area contributed by atoms with Gasteiger partial charge in [0.15, 0.2) is 11.4 Å². The summed E-state index contributed by atoms with van der Waals surface area (Å²) < 4.78 is 26.1. The fraction of sp³-hybridized carbons (Fsp3) is 0.241. The molecule has 2 aromatic heterocycles. The Morgan fingerprint density at radius 2 is 2.00 bits per heavy atom. The van der Waals surface area contributed by atoms with E-state index in [1.807, 2.05) is 36.4 Å². The molecule has 3 heterocycles. The Morgan fingerprint density at radius 1 is 1.23 bits per heavy atom. The second-order valence-corrected chi connectivity index (χ2v) is 10.2. The van der Waals surface area contributed by atoms with Gasteiger partial charge >= 0.3 is 0 Å². The number of nitrogens with two attached hydrogens (primary N) is 2. The molecule has 0 fully saturated rings. The summed E-state index contributed by atoms with van der Waals surface area (Å²) in [4.78, 5) is 19.0. The quantitative estimate of drug-likeness (QED) is 0.258. The van der Waals surface area contributed by atoms with Crippen LogP contribution < -0.4 is 16.2 Å². The van der Waals surface area contributed by atoms with Crippen LogP contribution in [-0.4, -0.2) is 34.9 Å². The molecule has 1 amide bonds. The Hall–Kier alpha value is -3.59. The highest BCUT2D eigenvalue weighted by molar-refractivity contribution is 6.36. The highest BCUT2D eigenvalue weighted by atomic mass is 35.5. The predicted molar refractivity (Wildman–Crippen MR) is 151 cm³/mol. The van der Waals surface area contributed by atoms with Crippen molar-refractivity contribution in [3.63, 3.8) is 0 Å². The standard InChI is InChI=1S/C29H27Cl2FN4O3/c1-16(24-21(30)7-8-22(32)25(24)31)39-27-26-19(14-35-28(27)34)20(15-38-26)18-9-11-36(12-10-18)29(37)23(33)13-17-5-3-2-4-6-17/h2-9,14-16,23H,10-13,33H2,1H3,(H2,34,35)/t16-,23-/m1/s1. The number of carbonyl (C=O) groups is 1. The van der Waals surface area contributed by atoms with E-state index >= 15 is 0 Å². The minimum atomic E-state index is -0.738. The van der Waals surface area contributed by atoms with Gasteiger partial charge in [-0.05, 0) is 43.0 Å². The number of halogens is 3. The smallest absolute Gasteiger partial charge is 0.240 e. The largest absolute Gasteiger partial charge is 0.478 e. The van der Waals surface area contributed by atoms with E-state index in [1.54, 1.807) is 24.3 Å². The van der Waals surface area contributed by atoms with Crippen molar-refractivity contribution < 1.29 is 18.3 Å². The van der Waals surface area contributed by atoms with Crippen LogP contribution in [0.25, 0.3) is 16.5 Å². The van der Waals surface area contributed by atoms with Crippen molar-refractivity contribution in [3.05, 3.63) is 93.6 Å². The van der Waals surface area contributed by atoms with Crippen LogP contribution in [-0.2, 0) is 11.2 Å². The summed E-state index contributed by atoms with van der Waals surface area (Å²) in [6.07, 6.45) is 5.60. The molecule has 0 bridgehead atoms. The van der Waals surface area contributed by atoms with Crippen molar-refractivity contribution in [3.8, 4) is 5.75 Å². The number of aromatic nitrogens is 1. The number of amides is 1.